The maximum atomic E-state index is 12.3. The van der Waals surface area contributed by atoms with Gasteiger partial charge in [-0.15, -0.1) is 0 Å². The van der Waals surface area contributed by atoms with E-state index in [2.05, 4.69) is 63.9 Å². The van der Waals surface area contributed by atoms with E-state index in [9.17, 15) is 4.79 Å². The second kappa shape index (κ2) is 7.84. The molecule has 1 saturated carbocycles. The molecular formula is C24H25N3O2. The Labute approximate surface area is 170 Å². The third-order valence-electron chi connectivity index (χ3n) is 5.79. The average Bonchev–Trinajstić information content (AvgIpc) is 3.48. The van der Waals surface area contributed by atoms with Crippen LogP contribution in [0.4, 0.5) is 0 Å². The van der Waals surface area contributed by atoms with E-state index in [1.807, 2.05) is 12.1 Å². The van der Waals surface area contributed by atoms with Crippen LogP contribution in [0.1, 0.15) is 46.9 Å². The van der Waals surface area contributed by atoms with Gasteiger partial charge in [-0.1, -0.05) is 65.8 Å². The van der Waals surface area contributed by atoms with Crippen LogP contribution in [0, 0.1) is 0 Å². The molecule has 1 N–H and O–H groups in total. The molecule has 2 aromatic carbocycles. The maximum Gasteiger partial charge on any atom is 0.234 e. The Morgan fingerprint density at radius 1 is 1.07 bits per heavy atom. The summed E-state index contributed by atoms with van der Waals surface area (Å²) in [7, 11) is 0. The van der Waals surface area contributed by atoms with Crippen molar-refractivity contribution in [3.63, 3.8) is 0 Å². The first-order valence-electron chi connectivity index (χ1n) is 10.4. The number of rotatable bonds is 6. The molecule has 1 amide bonds. The lowest BCUT2D eigenvalue weighted by atomic mass is 9.85. The van der Waals surface area contributed by atoms with Crippen LogP contribution in [0.25, 0.3) is 0 Å². The molecule has 0 atom stereocenters. The Morgan fingerprint density at radius 3 is 2.34 bits per heavy atom. The first-order valence-corrected chi connectivity index (χ1v) is 10.4. The number of amides is 1. The van der Waals surface area contributed by atoms with E-state index < -0.39 is 0 Å². The lowest BCUT2D eigenvalue weighted by Crippen LogP contribution is -2.40. The van der Waals surface area contributed by atoms with E-state index in [0.717, 1.165) is 42.8 Å². The highest BCUT2D eigenvalue weighted by atomic mass is 16.5. The minimum atomic E-state index is 0.0186. The van der Waals surface area contributed by atoms with Gasteiger partial charge in [-0.25, -0.2) is 0 Å². The van der Waals surface area contributed by atoms with Gasteiger partial charge in [0.1, 0.15) is 11.5 Å². The van der Waals surface area contributed by atoms with Crippen molar-refractivity contribution in [2.45, 2.75) is 37.8 Å². The van der Waals surface area contributed by atoms with Gasteiger partial charge in [-0.2, -0.15) is 0 Å². The molecular weight excluding hydrogens is 362 g/mol. The third kappa shape index (κ3) is 3.96. The van der Waals surface area contributed by atoms with Gasteiger partial charge in [0, 0.05) is 31.1 Å². The van der Waals surface area contributed by atoms with Crippen LogP contribution < -0.4 is 5.32 Å². The molecule has 1 aliphatic carbocycles. The fourth-order valence-electron chi connectivity index (χ4n) is 4.15. The summed E-state index contributed by atoms with van der Waals surface area (Å²) < 4.78 is 5.76. The molecule has 29 heavy (non-hydrogen) atoms. The minimum absolute atomic E-state index is 0.0186. The second-order valence-electron chi connectivity index (χ2n) is 8.03. The Kier molecular flexibility index (Phi) is 4.90. The second-order valence-corrected chi connectivity index (χ2v) is 8.03. The van der Waals surface area contributed by atoms with Crippen LogP contribution >= 0.6 is 0 Å². The predicted octanol–water partition coefficient (Wildman–Crippen LogP) is 3.49. The van der Waals surface area contributed by atoms with Crippen molar-refractivity contribution in [2.24, 2.45) is 0 Å². The van der Waals surface area contributed by atoms with E-state index in [-0.39, 0.29) is 11.8 Å². The van der Waals surface area contributed by atoms with Crippen LogP contribution in [0.3, 0.4) is 0 Å². The molecule has 5 heteroatoms. The van der Waals surface area contributed by atoms with E-state index in [1.54, 1.807) is 0 Å². The minimum Gasteiger partial charge on any atom is -0.361 e. The molecule has 1 aliphatic heterocycles. The van der Waals surface area contributed by atoms with Gasteiger partial charge in [-0.05, 0) is 24.0 Å². The first kappa shape index (κ1) is 18.1. The number of benzene rings is 2. The van der Waals surface area contributed by atoms with E-state index in [0.29, 0.717) is 19.1 Å². The van der Waals surface area contributed by atoms with Gasteiger partial charge < -0.3 is 9.84 Å². The van der Waals surface area contributed by atoms with Gasteiger partial charge in [0.25, 0.3) is 0 Å². The van der Waals surface area contributed by atoms with Crippen molar-refractivity contribution < 1.29 is 9.32 Å². The summed E-state index contributed by atoms with van der Waals surface area (Å²) >= 11 is 0. The molecule has 2 heterocycles. The summed E-state index contributed by atoms with van der Waals surface area (Å²) in [6.07, 6.45) is 3.01. The lowest BCUT2D eigenvalue weighted by Gasteiger charge is -2.26. The van der Waals surface area contributed by atoms with Crippen LogP contribution in [0.15, 0.2) is 65.2 Å². The maximum absolute atomic E-state index is 12.3. The van der Waals surface area contributed by atoms with Crippen molar-refractivity contribution >= 4 is 5.91 Å². The number of carbonyl (C=O) groups is 1. The molecule has 0 saturated heterocycles. The number of hydrogen-bond donors (Lipinski definition) is 1. The van der Waals surface area contributed by atoms with Crippen LogP contribution in [0.2, 0.25) is 0 Å². The number of nitrogens with zero attached hydrogens (tertiary/aromatic N) is 2. The van der Waals surface area contributed by atoms with Crippen molar-refractivity contribution in [3.8, 4) is 0 Å². The highest BCUT2D eigenvalue weighted by Crippen LogP contribution is 2.36. The molecule has 3 aromatic rings. The van der Waals surface area contributed by atoms with E-state index in [4.69, 9.17) is 4.52 Å². The van der Waals surface area contributed by atoms with Gasteiger partial charge in [-0.3, -0.25) is 9.69 Å². The fraction of sp³-hybridized carbons (Fsp3) is 0.333. The zero-order chi connectivity index (χ0) is 19.6. The largest absolute Gasteiger partial charge is 0.361 e. The van der Waals surface area contributed by atoms with Crippen LogP contribution in [0.5, 0.6) is 0 Å². The molecule has 0 unspecified atom stereocenters. The van der Waals surface area contributed by atoms with Crippen molar-refractivity contribution in [1.82, 2.24) is 15.4 Å². The molecule has 1 fully saturated rings. The monoisotopic (exact) mass is 387 g/mol. The number of nitrogens with one attached hydrogen (secondary N) is 1. The highest BCUT2D eigenvalue weighted by molar-refractivity contribution is 5.78. The number of fused-ring (bicyclic) bond motifs is 1. The third-order valence-corrected chi connectivity index (χ3v) is 5.79. The zero-order valence-electron chi connectivity index (χ0n) is 16.4. The SMILES string of the molecule is O=C(CN1CCc2onc(C(c3ccccc3)c3ccccc3)c2C1)NC1CC1. The predicted molar refractivity (Wildman–Crippen MR) is 110 cm³/mol. The van der Waals surface area contributed by atoms with Gasteiger partial charge >= 0.3 is 0 Å². The van der Waals surface area contributed by atoms with Crippen LogP contribution in [-0.4, -0.2) is 35.1 Å². The Morgan fingerprint density at radius 2 is 1.72 bits per heavy atom. The molecule has 0 radical (unpaired) electrons. The van der Waals surface area contributed by atoms with E-state index >= 15 is 0 Å². The zero-order valence-corrected chi connectivity index (χ0v) is 16.4. The van der Waals surface area contributed by atoms with Gasteiger partial charge in [0.2, 0.25) is 5.91 Å². The Bertz CT molecular complexity index is 940. The van der Waals surface area contributed by atoms with Crippen molar-refractivity contribution in [2.75, 3.05) is 13.1 Å². The molecule has 5 nitrogen and oxygen atoms in total. The topological polar surface area (TPSA) is 58.4 Å². The normalized spacial score (nSPS) is 16.6. The molecule has 148 valence electrons. The average molecular weight is 387 g/mol. The summed E-state index contributed by atoms with van der Waals surface area (Å²) in [5.41, 5.74) is 4.48. The smallest absolute Gasteiger partial charge is 0.234 e. The fourth-order valence-corrected chi connectivity index (χ4v) is 4.15. The van der Waals surface area contributed by atoms with E-state index in [1.165, 1.54) is 11.1 Å². The Hall–Kier alpha value is -2.92. The summed E-state index contributed by atoms with van der Waals surface area (Å²) in [6.45, 7) is 1.95. The van der Waals surface area contributed by atoms with Gasteiger partial charge in [0.15, 0.2) is 0 Å². The number of carbonyl (C=O) groups excluding carboxylic acids is 1. The summed E-state index contributed by atoms with van der Waals surface area (Å²) in [4.78, 5) is 14.5. The first-order chi connectivity index (χ1) is 14.3. The molecule has 1 aromatic heterocycles. The highest BCUT2D eigenvalue weighted by Gasteiger charge is 2.31. The van der Waals surface area contributed by atoms with Gasteiger partial charge in [0.05, 0.1) is 12.5 Å². The lowest BCUT2D eigenvalue weighted by molar-refractivity contribution is -0.122. The number of hydrogen-bond acceptors (Lipinski definition) is 4. The molecule has 5 rings (SSSR count). The number of aromatic nitrogens is 1. The quantitative estimate of drug-likeness (QED) is 0.703. The Balaban J connectivity index is 1.45. The summed E-state index contributed by atoms with van der Waals surface area (Å²) in [5, 5.41) is 7.61. The molecule has 2 aliphatic rings. The van der Waals surface area contributed by atoms with Crippen molar-refractivity contribution in [3.05, 3.63) is 88.8 Å². The van der Waals surface area contributed by atoms with Crippen molar-refractivity contribution in [1.29, 1.82) is 0 Å². The summed E-state index contributed by atoms with van der Waals surface area (Å²) in [5.74, 6) is 1.09. The van der Waals surface area contributed by atoms with Crippen LogP contribution in [-0.2, 0) is 17.8 Å². The molecule has 0 spiro atoms. The molecule has 0 bridgehead atoms. The standard InChI is InChI=1S/C24H25N3O2/c28-22(25-19-11-12-19)16-27-14-13-21-20(15-27)24(26-29-21)23(17-7-3-1-4-8-17)18-9-5-2-6-10-18/h1-10,19,23H,11-16H2,(H,25,28). The summed E-state index contributed by atoms with van der Waals surface area (Å²) in [6, 6.07) is 21.3.